The molecule has 1 aliphatic rings. The molecule has 0 heterocycles. The third-order valence-electron chi connectivity index (χ3n) is 3.41. The van der Waals surface area contributed by atoms with E-state index in [0.29, 0.717) is 11.8 Å². The molecule has 0 aromatic heterocycles. The molecule has 0 radical (unpaired) electrons. The van der Waals surface area contributed by atoms with Gasteiger partial charge in [-0.2, -0.15) is 0 Å². The molecule has 0 saturated heterocycles. The van der Waals surface area contributed by atoms with Crippen molar-refractivity contribution in [3.05, 3.63) is 0 Å². The van der Waals surface area contributed by atoms with Gasteiger partial charge >= 0.3 is 0 Å². The molecule has 1 saturated carbocycles. The number of hydrogen-bond donors (Lipinski definition) is 1. The molecule has 0 aliphatic heterocycles. The first-order chi connectivity index (χ1) is 7.72. The van der Waals surface area contributed by atoms with Gasteiger partial charge in [-0.15, -0.1) is 11.6 Å². The largest absolute Gasteiger partial charge is 0.356 e. The summed E-state index contributed by atoms with van der Waals surface area (Å²) in [5, 5.41) is 3.01. The summed E-state index contributed by atoms with van der Waals surface area (Å²) in [6.07, 6.45) is 8.01. The number of hydrogen-bond acceptors (Lipinski definition) is 1. The van der Waals surface area contributed by atoms with E-state index in [1.165, 1.54) is 25.7 Å². The van der Waals surface area contributed by atoms with Gasteiger partial charge in [-0.05, 0) is 37.5 Å². The number of carbonyl (C=O) groups is 1. The molecular weight excluding hydrogens is 222 g/mol. The minimum atomic E-state index is 0.241. The normalized spacial score (nSPS) is 18.6. The van der Waals surface area contributed by atoms with Crippen molar-refractivity contribution in [2.24, 2.45) is 11.8 Å². The van der Waals surface area contributed by atoms with Crippen molar-refractivity contribution >= 4 is 17.5 Å². The zero-order chi connectivity index (χ0) is 11.8. The summed E-state index contributed by atoms with van der Waals surface area (Å²) < 4.78 is 0. The Morgan fingerprint density at radius 1 is 1.44 bits per heavy atom. The highest BCUT2D eigenvalue weighted by molar-refractivity contribution is 6.18. The Bertz CT molecular complexity index is 202. The van der Waals surface area contributed by atoms with Crippen LogP contribution in [0.4, 0.5) is 0 Å². The van der Waals surface area contributed by atoms with Crippen LogP contribution in [0.1, 0.15) is 51.9 Å². The molecule has 2 nitrogen and oxygen atoms in total. The molecular formula is C13H24ClNO. The number of amides is 1. The van der Waals surface area contributed by atoms with Gasteiger partial charge in [0.2, 0.25) is 5.91 Å². The maximum atomic E-state index is 11.6. The van der Waals surface area contributed by atoms with E-state index in [0.717, 1.165) is 31.7 Å². The topological polar surface area (TPSA) is 29.1 Å². The van der Waals surface area contributed by atoms with Gasteiger partial charge < -0.3 is 5.32 Å². The number of alkyl halides is 1. The Kier molecular flexibility index (Phi) is 6.86. The summed E-state index contributed by atoms with van der Waals surface area (Å²) in [4.78, 5) is 11.6. The molecule has 1 atom stereocenters. The SMILES string of the molecule is CC(CCl)CCCNC(=O)CC1CCCC1. The third kappa shape index (κ3) is 5.74. The van der Waals surface area contributed by atoms with Crippen molar-refractivity contribution in [2.75, 3.05) is 12.4 Å². The molecule has 0 aromatic carbocycles. The molecule has 0 bridgehead atoms. The molecule has 3 heteroatoms. The lowest BCUT2D eigenvalue weighted by Gasteiger charge is -2.10. The summed E-state index contributed by atoms with van der Waals surface area (Å²) in [6, 6.07) is 0. The van der Waals surface area contributed by atoms with E-state index in [4.69, 9.17) is 11.6 Å². The molecule has 1 aliphatic carbocycles. The predicted molar refractivity (Wildman–Crippen MR) is 68.7 cm³/mol. The Labute approximate surface area is 104 Å². The van der Waals surface area contributed by atoms with Gasteiger partial charge in [0.1, 0.15) is 0 Å². The molecule has 16 heavy (non-hydrogen) atoms. The van der Waals surface area contributed by atoms with Crippen LogP contribution in [0.15, 0.2) is 0 Å². The van der Waals surface area contributed by atoms with E-state index >= 15 is 0 Å². The molecule has 1 fully saturated rings. The number of rotatable bonds is 7. The van der Waals surface area contributed by atoms with E-state index < -0.39 is 0 Å². The van der Waals surface area contributed by atoms with E-state index in [1.54, 1.807) is 0 Å². The Balaban J connectivity index is 1.97. The van der Waals surface area contributed by atoms with Crippen molar-refractivity contribution in [3.8, 4) is 0 Å². The van der Waals surface area contributed by atoms with Crippen molar-refractivity contribution < 1.29 is 4.79 Å². The van der Waals surface area contributed by atoms with E-state index in [9.17, 15) is 4.79 Å². The maximum Gasteiger partial charge on any atom is 0.220 e. The lowest BCUT2D eigenvalue weighted by molar-refractivity contribution is -0.121. The molecule has 1 rings (SSSR count). The molecule has 1 N–H and O–H groups in total. The monoisotopic (exact) mass is 245 g/mol. The van der Waals surface area contributed by atoms with Crippen LogP contribution in [-0.4, -0.2) is 18.3 Å². The van der Waals surface area contributed by atoms with Crippen molar-refractivity contribution in [3.63, 3.8) is 0 Å². The lowest BCUT2D eigenvalue weighted by Crippen LogP contribution is -2.26. The van der Waals surface area contributed by atoms with Crippen LogP contribution in [0.2, 0.25) is 0 Å². The average molecular weight is 246 g/mol. The van der Waals surface area contributed by atoms with Gasteiger partial charge in [0.25, 0.3) is 0 Å². The van der Waals surface area contributed by atoms with Crippen LogP contribution in [0, 0.1) is 11.8 Å². The van der Waals surface area contributed by atoms with Crippen LogP contribution < -0.4 is 5.32 Å². The van der Waals surface area contributed by atoms with Crippen molar-refractivity contribution in [1.29, 1.82) is 0 Å². The highest BCUT2D eigenvalue weighted by Gasteiger charge is 2.17. The van der Waals surface area contributed by atoms with Crippen LogP contribution in [0.25, 0.3) is 0 Å². The van der Waals surface area contributed by atoms with Gasteiger partial charge in [0, 0.05) is 18.8 Å². The summed E-state index contributed by atoms with van der Waals surface area (Å²) in [7, 11) is 0. The highest BCUT2D eigenvalue weighted by atomic mass is 35.5. The minimum absolute atomic E-state index is 0.241. The van der Waals surface area contributed by atoms with Gasteiger partial charge in [0.05, 0.1) is 0 Å². The van der Waals surface area contributed by atoms with Gasteiger partial charge in [-0.1, -0.05) is 19.8 Å². The van der Waals surface area contributed by atoms with E-state index in [-0.39, 0.29) is 5.91 Å². The third-order valence-corrected chi connectivity index (χ3v) is 3.93. The second-order valence-corrected chi connectivity index (χ2v) is 5.41. The number of nitrogens with one attached hydrogen (secondary N) is 1. The molecule has 94 valence electrons. The van der Waals surface area contributed by atoms with Gasteiger partial charge in [0.15, 0.2) is 0 Å². The summed E-state index contributed by atoms with van der Waals surface area (Å²) >= 11 is 5.72. The zero-order valence-corrected chi connectivity index (χ0v) is 11.1. The molecule has 1 unspecified atom stereocenters. The first kappa shape index (κ1) is 13.8. The second-order valence-electron chi connectivity index (χ2n) is 5.11. The number of carbonyl (C=O) groups excluding carboxylic acids is 1. The molecule has 1 amide bonds. The quantitative estimate of drug-likeness (QED) is 0.541. The smallest absolute Gasteiger partial charge is 0.220 e. The summed E-state index contributed by atoms with van der Waals surface area (Å²) in [6.45, 7) is 2.96. The van der Waals surface area contributed by atoms with Crippen molar-refractivity contribution in [2.45, 2.75) is 51.9 Å². The maximum absolute atomic E-state index is 11.6. The zero-order valence-electron chi connectivity index (χ0n) is 10.3. The average Bonchev–Trinajstić information content (AvgIpc) is 2.76. The predicted octanol–water partition coefficient (Wildman–Crippen LogP) is 3.34. The van der Waals surface area contributed by atoms with Crippen molar-refractivity contribution in [1.82, 2.24) is 5.32 Å². The highest BCUT2D eigenvalue weighted by Crippen LogP contribution is 2.27. The van der Waals surface area contributed by atoms with E-state index in [2.05, 4.69) is 12.2 Å². The van der Waals surface area contributed by atoms with E-state index in [1.807, 2.05) is 0 Å². The lowest BCUT2D eigenvalue weighted by atomic mass is 10.0. The second kappa shape index (κ2) is 7.94. The first-order valence-electron chi connectivity index (χ1n) is 6.55. The summed E-state index contributed by atoms with van der Waals surface area (Å²) in [5.74, 6) is 2.18. The fourth-order valence-corrected chi connectivity index (χ4v) is 2.46. The van der Waals surface area contributed by atoms with Gasteiger partial charge in [-0.25, -0.2) is 0 Å². The Morgan fingerprint density at radius 3 is 2.75 bits per heavy atom. The fourth-order valence-electron chi connectivity index (χ4n) is 2.30. The van der Waals surface area contributed by atoms with Crippen LogP contribution >= 0.6 is 11.6 Å². The standard InChI is InChI=1S/C13H24ClNO/c1-11(10-14)5-4-8-15-13(16)9-12-6-2-3-7-12/h11-12H,2-10H2,1H3,(H,15,16). The minimum Gasteiger partial charge on any atom is -0.356 e. The van der Waals surface area contributed by atoms with Crippen LogP contribution in [0.5, 0.6) is 0 Å². The molecule has 0 spiro atoms. The Morgan fingerprint density at radius 2 is 2.12 bits per heavy atom. The number of halogens is 1. The van der Waals surface area contributed by atoms with Gasteiger partial charge in [-0.3, -0.25) is 4.79 Å². The Hall–Kier alpha value is -0.240. The fraction of sp³-hybridized carbons (Fsp3) is 0.923. The van der Waals surface area contributed by atoms with Crippen LogP contribution in [0.3, 0.4) is 0 Å². The molecule has 0 aromatic rings. The first-order valence-corrected chi connectivity index (χ1v) is 7.08. The van der Waals surface area contributed by atoms with Crippen LogP contribution in [-0.2, 0) is 4.79 Å². The summed E-state index contributed by atoms with van der Waals surface area (Å²) in [5.41, 5.74) is 0.